The quantitative estimate of drug-likeness (QED) is 0.914. The summed E-state index contributed by atoms with van der Waals surface area (Å²) in [5.41, 5.74) is 0.385. The Bertz CT molecular complexity index is 800. The summed E-state index contributed by atoms with van der Waals surface area (Å²) in [6, 6.07) is 5.94. The van der Waals surface area contributed by atoms with Crippen LogP contribution in [0.4, 0.5) is 8.78 Å². The molecule has 0 aliphatic heterocycles. The van der Waals surface area contributed by atoms with E-state index in [1.807, 2.05) is 0 Å². The van der Waals surface area contributed by atoms with Gasteiger partial charge in [-0.2, -0.15) is 5.10 Å². The Labute approximate surface area is 130 Å². The topological polar surface area (TPSA) is 64.0 Å². The van der Waals surface area contributed by atoms with Crippen LogP contribution < -0.4 is 10.9 Å². The van der Waals surface area contributed by atoms with Gasteiger partial charge in [-0.15, -0.1) is 0 Å². The molecule has 23 heavy (non-hydrogen) atoms. The van der Waals surface area contributed by atoms with E-state index in [4.69, 9.17) is 0 Å². The van der Waals surface area contributed by atoms with Gasteiger partial charge < -0.3 is 5.32 Å². The Kier molecular flexibility index (Phi) is 4.18. The van der Waals surface area contributed by atoms with E-state index in [9.17, 15) is 18.4 Å². The molecule has 1 amide bonds. The van der Waals surface area contributed by atoms with Crippen LogP contribution in [-0.4, -0.2) is 22.2 Å². The molecular formula is C16H15F2N3O2. The number of hydrogen-bond acceptors (Lipinski definition) is 3. The minimum Gasteiger partial charge on any atom is -0.350 e. The summed E-state index contributed by atoms with van der Waals surface area (Å²) >= 11 is 0. The zero-order valence-electron chi connectivity index (χ0n) is 12.3. The van der Waals surface area contributed by atoms with Crippen molar-refractivity contribution in [3.05, 3.63) is 63.6 Å². The number of halogens is 2. The molecule has 1 saturated carbocycles. The molecule has 1 aliphatic rings. The number of nitrogens with one attached hydrogen (secondary N) is 1. The van der Waals surface area contributed by atoms with Crippen LogP contribution >= 0.6 is 0 Å². The zero-order chi connectivity index (χ0) is 16.4. The van der Waals surface area contributed by atoms with Crippen molar-refractivity contribution in [2.24, 2.45) is 0 Å². The first-order chi connectivity index (χ1) is 11.0. The summed E-state index contributed by atoms with van der Waals surface area (Å²) in [5, 5.41) is 6.76. The van der Waals surface area contributed by atoms with Gasteiger partial charge in [0.05, 0.1) is 17.8 Å². The van der Waals surface area contributed by atoms with Crippen molar-refractivity contribution in [3.8, 4) is 0 Å². The molecule has 1 heterocycles. The van der Waals surface area contributed by atoms with Crippen LogP contribution in [0.25, 0.3) is 0 Å². The molecule has 0 unspecified atom stereocenters. The van der Waals surface area contributed by atoms with Crippen molar-refractivity contribution in [3.63, 3.8) is 0 Å². The molecule has 0 atom stereocenters. The van der Waals surface area contributed by atoms with E-state index in [0.717, 1.165) is 30.7 Å². The lowest BCUT2D eigenvalue weighted by Gasteiger charge is -2.08. The van der Waals surface area contributed by atoms with Crippen LogP contribution in [0.3, 0.4) is 0 Å². The lowest BCUT2D eigenvalue weighted by Crippen LogP contribution is -2.32. The fourth-order valence-corrected chi connectivity index (χ4v) is 2.27. The molecule has 120 valence electrons. The summed E-state index contributed by atoms with van der Waals surface area (Å²) < 4.78 is 27.6. The lowest BCUT2D eigenvalue weighted by atomic mass is 10.2. The summed E-state index contributed by atoms with van der Waals surface area (Å²) in [5.74, 6) is -1.90. The fraction of sp³-hybridized carbons (Fsp3) is 0.312. The zero-order valence-corrected chi connectivity index (χ0v) is 12.3. The molecule has 0 spiro atoms. The maximum Gasteiger partial charge on any atom is 0.266 e. The molecule has 3 rings (SSSR count). The normalized spacial score (nSPS) is 13.8. The maximum absolute atomic E-state index is 13.5. The molecule has 1 aliphatic carbocycles. The monoisotopic (exact) mass is 319 g/mol. The van der Waals surface area contributed by atoms with Gasteiger partial charge in [0, 0.05) is 24.6 Å². The van der Waals surface area contributed by atoms with Gasteiger partial charge in [0.1, 0.15) is 11.6 Å². The molecular weight excluding hydrogens is 304 g/mol. The summed E-state index contributed by atoms with van der Waals surface area (Å²) in [4.78, 5) is 23.6. The van der Waals surface area contributed by atoms with Gasteiger partial charge in [-0.3, -0.25) is 9.59 Å². The Balaban J connectivity index is 1.62. The number of aromatic nitrogens is 2. The van der Waals surface area contributed by atoms with Gasteiger partial charge >= 0.3 is 0 Å². The molecule has 0 bridgehead atoms. The van der Waals surface area contributed by atoms with E-state index >= 15 is 0 Å². The molecule has 0 saturated heterocycles. The first-order valence-electron chi connectivity index (χ1n) is 7.36. The highest BCUT2D eigenvalue weighted by Gasteiger charge is 2.25. The number of benzene rings is 1. The van der Waals surface area contributed by atoms with E-state index < -0.39 is 17.5 Å². The molecule has 2 aromatic rings. The Morgan fingerprint density at radius 1 is 1.26 bits per heavy atom. The van der Waals surface area contributed by atoms with E-state index in [1.165, 1.54) is 10.7 Å². The third-order valence-electron chi connectivity index (χ3n) is 3.67. The predicted octanol–water partition coefficient (Wildman–Crippen LogP) is 1.83. The number of nitrogens with zero attached hydrogens (tertiary/aromatic N) is 2. The second kappa shape index (κ2) is 6.28. The highest BCUT2D eigenvalue weighted by atomic mass is 19.1. The minimum atomic E-state index is -0.923. The number of amides is 1. The van der Waals surface area contributed by atoms with Crippen molar-refractivity contribution >= 4 is 5.91 Å². The van der Waals surface area contributed by atoms with Gasteiger partial charge in [-0.25, -0.2) is 13.5 Å². The molecule has 1 fully saturated rings. The Hall–Kier alpha value is -2.57. The Morgan fingerprint density at radius 3 is 2.74 bits per heavy atom. The average Bonchev–Trinajstić information content (AvgIpc) is 3.33. The third kappa shape index (κ3) is 3.61. The summed E-state index contributed by atoms with van der Waals surface area (Å²) in [6.45, 7) is 0.310. The lowest BCUT2D eigenvalue weighted by molar-refractivity contribution is 0.0947. The SMILES string of the molecule is O=C(NCCn1nc(C2CC2)ccc1=O)c1ccc(F)cc1F. The van der Waals surface area contributed by atoms with Crippen molar-refractivity contribution in [1.82, 2.24) is 15.1 Å². The van der Waals surface area contributed by atoms with Crippen molar-refractivity contribution in [2.75, 3.05) is 6.54 Å². The highest BCUT2D eigenvalue weighted by molar-refractivity contribution is 5.94. The fourth-order valence-electron chi connectivity index (χ4n) is 2.27. The summed E-state index contributed by atoms with van der Waals surface area (Å²) in [7, 11) is 0. The predicted molar refractivity (Wildman–Crippen MR) is 79.2 cm³/mol. The maximum atomic E-state index is 13.5. The Morgan fingerprint density at radius 2 is 2.04 bits per heavy atom. The standard InChI is InChI=1S/C16H15F2N3O2/c17-11-3-4-12(13(18)9-11)16(23)19-7-8-21-15(22)6-5-14(20-21)10-1-2-10/h3-6,9-10H,1-2,7-8H2,(H,19,23). The van der Waals surface area contributed by atoms with Crippen LogP contribution in [0, 0.1) is 11.6 Å². The molecule has 1 aromatic carbocycles. The van der Waals surface area contributed by atoms with Crippen LogP contribution in [0.5, 0.6) is 0 Å². The third-order valence-corrected chi connectivity index (χ3v) is 3.67. The van der Waals surface area contributed by atoms with Crippen molar-refractivity contribution in [1.29, 1.82) is 0 Å². The molecule has 1 N–H and O–H groups in total. The first-order valence-corrected chi connectivity index (χ1v) is 7.36. The van der Waals surface area contributed by atoms with E-state index in [2.05, 4.69) is 10.4 Å². The number of carbonyl (C=O) groups excluding carboxylic acids is 1. The van der Waals surface area contributed by atoms with Gasteiger partial charge in [0.25, 0.3) is 11.5 Å². The van der Waals surface area contributed by atoms with E-state index in [-0.39, 0.29) is 24.2 Å². The minimum absolute atomic E-state index is 0.122. The number of hydrogen-bond donors (Lipinski definition) is 1. The van der Waals surface area contributed by atoms with E-state index in [0.29, 0.717) is 12.0 Å². The largest absolute Gasteiger partial charge is 0.350 e. The van der Waals surface area contributed by atoms with E-state index in [1.54, 1.807) is 6.07 Å². The van der Waals surface area contributed by atoms with Gasteiger partial charge in [-0.1, -0.05) is 0 Å². The molecule has 5 nitrogen and oxygen atoms in total. The second-order valence-electron chi connectivity index (χ2n) is 5.47. The number of carbonyl (C=O) groups is 1. The summed E-state index contributed by atoms with van der Waals surface area (Å²) in [6.07, 6.45) is 2.15. The van der Waals surface area contributed by atoms with Crippen LogP contribution in [0.2, 0.25) is 0 Å². The molecule has 1 aromatic heterocycles. The van der Waals surface area contributed by atoms with Crippen LogP contribution in [0.15, 0.2) is 35.1 Å². The average molecular weight is 319 g/mol. The smallest absolute Gasteiger partial charge is 0.266 e. The molecule has 0 radical (unpaired) electrons. The second-order valence-corrected chi connectivity index (χ2v) is 5.47. The van der Waals surface area contributed by atoms with Crippen molar-refractivity contribution in [2.45, 2.75) is 25.3 Å². The van der Waals surface area contributed by atoms with Crippen molar-refractivity contribution < 1.29 is 13.6 Å². The van der Waals surface area contributed by atoms with Gasteiger partial charge in [0.15, 0.2) is 0 Å². The highest BCUT2D eigenvalue weighted by Crippen LogP contribution is 2.38. The van der Waals surface area contributed by atoms with Gasteiger partial charge in [0.2, 0.25) is 0 Å². The number of rotatable bonds is 5. The molecule has 7 heteroatoms. The van der Waals surface area contributed by atoms with Gasteiger partial charge in [-0.05, 0) is 31.0 Å². The van der Waals surface area contributed by atoms with Crippen LogP contribution in [-0.2, 0) is 6.54 Å². The first kappa shape index (κ1) is 15.3. The van der Waals surface area contributed by atoms with Crippen LogP contribution in [0.1, 0.15) is 34.8 Å².